The first-order chi connectivity index (χ1) is 16.0. The summed E-state index contributed by atoms with van der Waals surface area (Å²) >= 11 is 1.54. The molecule has 7 heteroatoms. The van der Waals surface area contributed by atoms with E-state index in [0.29, 0.717) is 25.2 Å². The van der Waals surface area contributed by atoms with E-state index >= 15 is 0 Å². The molecule has 2 bridgehead atoms. The standard InChI is InChI=1S/C26H25N3O3S/c1-17-10-11-33-23(17)13-21(27-25(31)19-6-3-2-4-7-19)26(32)28-14-18-12-20(16-28)22-8-5-9-24(30)29(22)15-18/h2-11,13,18,20H,12,14-16H2,1H3,(H,27,31)/b21-13+/t18-,20+/m1/s1. The van der Waals surface area contributed by atoms with E-state index in [4.69, 9.17) is 0 Å². The summed E-state index contributed by atoms with van der Waals surface area (Å²) in [4.78, 5) is 41.7. The topological polar surface area (TPSA) is 71.4 Å². The number of fused-ring (bicyclic) bond motifs is 4. The van der Waals surface area contributed by atoms with Crippen molar-refractivity contribution in [1.82, 2.24) is 14.8 Å². The van der Waals surface area contributed by atoms with Crippen molar-refractivity contribution in [2.75, 3.05) is 13.1 Å². The molecule has 0 unspecified atom stereocenters. The van der Waals surface area contributed by atoms with Gasteiger partial charge in [0, 0.05) is 47.8 Å². The number of carbonyl (C=O) groups excluding carboxylic acids is 2. The van der Waals surface area contributed by atoms with Crippen LogP contribution in [0.25, 0.3) is 6.08 Å². The van der Waals surface area contributed by atoms with Crippen LogP contribution in [-0.2, 0) is 11.3 Å². The lowest BCUT2D eigenvalue weighted by Gasteiger charge is -2.43. The van der Waals surface area contributed by atoms with Gasteiger partial charge in [-0.1, -0.05) is 24.3 Å². The number of thiophene rings is 1. The van der Waals surface area contributed by atoms with Crippen LogP contribution in [-0.4, -0.2) is 34.4 Å². The Balaban J connectivity index is 1.44. The van der Waals surface area contributed by atoms with Crippen molar-refractivity contribution in [1.29, 1.82) is 0 Å². The van der Waals surface area contributed by atoms with E-state index in [9.17, 15) is 14.4 Å². The second-order valence-corrected chi connectivity index (χ2v) is 9.70. The molecule has 1 N–H and O–H groups in total. The first kappa shape index (κ1) is 21.4. The van der Waals surface area contributed by atoms with Crippen molar-refractivity contribution in [3.8, 4) is 0 Å². The van der Waals surface area contributed by atoms with Crippen LogP contribution in [0.4, 0.5) is 0 Å². The van der Waals surface area contributed by atoms with E-state index in [1.165, 1.54) is 11.3 Å². The fourth-order valence-corrected chi connectivity index (χ4v) is 5.69. The zero-order valence-electron chi connectivity index (χ0n) is 18.4. The monoisotopic (exact) mass is 459 g/mol. The first-order valence-corrected chi connectivity index (χ1v) is 12.0. The summed E-state index contributed by atoms with van der Waals surface area (Å²) in [7, 11) is 0. The van der Waals surface area contributed by atoms with E-state index in [1.54, 1.807) is 42.5 Å². The molecule has 3 aromatic rings. The van der Waals surface area contributed by atoms with Gasteiger partial charge in [-0.15, -0.1) is 11.3 Å². The Bertz CT molecular complexity index is 1290. The Morgan fingerprint density at radius 3 is 2.61 bits per heavy atom. The minimum Gasteiger partial charge on any atom is -0.336 e. The Hall–Kier alpha value is -3.45. The number of hydrogen-bond acceptors (Lipinski definition) is 4. The summed E-state index contributed by atoms with van der Waals surface area (Å²) in [5, 5.41) is 4.85. The number of carbonyl (C=O) groups is 2. The lowest BCUT2D eigenvalue weighted by molar-refractivity contribution is -0.130. The predicted molar refractivity (Wildman–Crippen MR) is 129 cm³/mol. The molecule has 0 radical (unpaired) electrons. The molecule has 2 atom stereocenters. The largest absolute Gasteiger partial charge is 0.336 e. The molecule has 6 nitrogen and oxygen atoms in total. The summed E-state index contributed by atoms with van der Waals surface area (Å²) in [6, 6.07) is 16.3. The highest BCUT2D eigenvalue weighted by Crippen LogP contribution is 2.35. The predicted octanol–water partition coefficient (Wildman–Crippen LogP) is 3.64. The summed E-state index contributed by atoms with van der Waals surface area (Å²) in [6.45, 7) is 3.71. The molecular formula is C26H25N3O3S. The Morgan fingerprint density at radius 1 is 1.03 bits per heavy atom. The summed E-state index contributed by atoms with van der Waals surface area (Å²) < 4.78 is 1.85. The summed E-state index contributed by atoms with van der Waals surface area (Å²) in [6.07, 6.45) is 2.75. The number of likely N-dealkylation sites (tertiary alicyclic amines) is 1. The van der Waals surface area contributed by atoms with Gasteiger partial charge in [0.05, 0.1) is 0 Å². The van der Waals surface area contributed by atoms with Crippen molar-refractivity contribution in [3.63, 3.8) is 0 Å². The number of hydrogen-bond donors (Lipinski definition) is 1. The number of aromatic nitrogens is 1. The highest BCUT2D eigenvalue weighted by molar-refractivity contribution is 7.11. The molecule has 2 amide bonds. The first-order valence-electron chi connectivity index (χ1n) is 11.1. The second kappa shape index (κ2) is 8.83. The maximum atomic E-state index is 13.7. The summed E-state index contributed by atoms with van der Waals surface area (Å²) in [5.74, 6) is -0.160. The molecule has 1 saturated heterocycles. The number of nitrogens with one attached hydrogen (secondary N) is 1. The molecule has 0 spiro atoms. The molecule has 0 aliphatic carbocycles. The van der Waals surface area contributed by atoms with Crippen LogP contribution < -0.4 is 10.9 Å². The van der Waals surface area contributed by atoms with Gasteiger partial charge in [0.2, 0.25) is 0 Å². The molecule has 168 valence electrons. The molecule has 4 heterocycles. The van der Waals surface area contributed by atoms with Gasteiger partial charge in [0.1, 0.15) is 5.70 Å². The van der Waals surface area contributed by atoms with Crippen LogP contribution in [0.1, 0.15) is 38.8 Å². The lowest BCUT2D eigenvalue weighted by Crippen LogP contribution is -2.50. The minimum absolute atomic E-state index is 0.0193. The number of rotatable bonds is 4. The number of piperidine rings is 1. The van der Waals surface area contributed by atoms with Crippen LogP contribution in [0.15, 0.2) is 70.5 Å². The third kappa shape index (κ3) is 4.28. The molecule has 2 aliphatic rings. The van der Waals surface area contributed by atoms with Gasteiger partial charge in [-0.3, -0.25) is 14.4 Å². The van der Waals surface area contributed by atoms with Crippen LogP contribution >= 0.6 is 11.3 Å². The Kier molecular flexibility index (Phi) is 5.72. The maximum absolute atomic E-state index is 13.7. The summed E-state index contributed by atoms with van der Waals surface area (Å²) in [5.41, 5.74) is 2.85. The van der Waals surface area contributed by atoms with Crippen LogP contribution in [0.3, 0.4) is 0 Å². The molecule has 5 rings (SSSR count). The smallest absolute Gasteiger partial charge is 0.270 e. The fraction of sp³-hybridized carbons (Fsp3) is 0.269. The number of amides is 2. The quantitative estimate of drug-likeness (QED) is 0.606. The molecule has 2 aromatic heterocycles. The van der Waals surface area contributed by atoms with E-state index in [0.717, 1.165) is 22.6 Å². The third-order valence-corrected chi connectivity index (χ3v) is 7.42. The van der Waals surface area contributed by atoms with Crippen molar-refractivity contribution >= 4 is 29.2 Å². The Morgan fingerprint density at radius 2 is 1.85 bits per heavy atom. The van der Waals surface area contributed by atoms with Gasteiger partial charge < -0.3 is 14.8 Å². The molecule has 33 heavy (non-hydrogen) atoms. The molecule has 2 aliphatic heterocycles. The SMILES string of the molecule is Cc1ccsc1/C=C(/NC(=O)c1ccccc1)C(=O)N1C[C@H]2C[C@@H](C1)c1cccc(=O)n1C2. The van der Waals surface area contributed by atoms with E-state index < -0.39 is 0 Å². The molecule has 1 fully saturated rings. The molecular weight excluding hydrogens is 434 g/mol. The third-order valence-electron chi connectivity index (χ3n) is 6.46. The number of benzene rings is 1. The minimum atomic E-state index is -0.307. The van der Waals surface area contributed by atoms with Gasteiger partial charge in [-0.25, -0.2) is 0 Å². The van der Waals surface area contributed by atoms with Gasteiger partial charge in [-0.05, 0) is 60.5 Å². The average Bonchev–Trinajstić information content (AvgIpc) is 3.23. The number of pyridine rings is 1. The lowest BCUT2D eigenvalue weighted by atomic mass is 9.83. The second-order valence-electron chi connectivity index (χ2n) is 8.75. The zero-order valence-corrected chi connectivity index (χ0v) is 19.2. The fourth-order valence-electron chi connectivity index (χ4n) is 4.83. The van der Waals surface area contributed by atoms with E-state index in [-0.39, 0.29) is 34.9 Å². The van der Waals surface area contributed by atoms with Gasteiger partial charge >= 0.3 is 0 Å². The van der Waals surface area contributed by atoms with Gasteiger partial charge in [0.15, 0.2) is 0 Å². The number of nitrogens with zero attached hydrogens (tertiary/aromatic N) is 2. The Labute approximate surface area is 196 Å². The average molecular weight is 460 g/mol. The van der Waals surface area contributed by atoms with Crippen LogP contribution in [0.2, 0.25) is 0 Å². The van der Waals surface area contributed by atoms with Crippen LogP contribution in [0, 0.1) is 12.8 Å². The highest BCUT2D eigenvalue weighted by Gasteiger charge is 2.37. The van der Waals surface area contributed by atoms with Crippen molar-refractivity contribution in [3.05, 3.63) is 97.7 Å². The van der Waals surface area contributed by atoms with Gasteiger partial charge in [-0.2, -0.15) is 0 Å². The van der Waals surface area contributed by atoms with E-state index in [2.05, 4.69) is 5.32 Å². The van der Waals surface area contributed by atoms with Crippen molar-refractivity contribution < 1.29 is 9.59 Å². The van der Waals surface area contributed by atoms with Crippen molar-refractivity contribution in [2.24, 2.45) is 5.92 Å². The molecule has 1 aromatic carbocycles. The zero-order chi connectivity index (χ0) is 22.9. The van der Waals surface area contributed by atoms with Gasteiger partial charge in [0.25, 0.3) is 17.4 Å². The van der Waals surface area contributed by atoms with E-state index in [1.807, 2.05) is 40.0 Å². The number of aryl methyl sites for hydroxylation is 1. The molecule has 0 saturated carbocycles. The van der Waals surface area contributed by atoms with Crippen molar-refractivity contribution in [2.45, 2.75) is 25.8 Å². The maximum Gasteiger partial charge on any atom is 0.270 e. The normalized spacial score (nSPS) is 19.7. The highest BCUT2D eigenvalue weighted by atomic mass is 32.1. The van der Waals surface area contributed by atoms with Crippen LogP contribution in [0.5, 0.6) is 0 Å².